The Morgan fingerprint density at radius 2 is 1.80 bits per heavy atom. The van der Waals surface area contributed by atoms with Gasteiger partial charge in [0.25, 0.3) is 0 Å². The molecule has 0 bridgehead atoms. The van der Waals surface area contributed by atoms with Crippen molar-refractivity contribution in [3.63, 3.8) is 0 Å². The van der Waals surface area contributed by atoms with Crippen LogP contribution in [0.15, 0.2) is 58.6 Å². The van der Waals surface area contributed by atoms with E-state index in [9.17, 15) is 4.79 Å². The minimum Gasteiger partial charge on any atom is -0.337 e. The molecule has 0 saturated heterocycles. The van der Waals surface area contributed by atoms with Crippen LogP contribution in [-0.4, -0.2) is 37.9 Å². The molecule has 0 atom stereocenters. The number of fused-ring (bicyclic) bond motifs is 1. The summed E-state index contributed by atoms with van der Waals surface area (Å²) in [6.07, 6.45) is 0.929. The molecule has 156 valence electrons. The molecule has 0 saturated carbocycles. The van der Waals surface area contributed by atoms with Gasteiger partial charge in [-0.05, 0) is 43.5 Å². The second kappa shape index (κ2) is 9.71. The van der Waals surface area contributed by atoms with Crippen molar-refractivity contribution in [3.8, 4) is 0 Å². The van der Waals surface area contributed by atoms with E-state index < -0.39 is 0 Å². The summed E-state index contributed by atoms with van der Waals surface area (Å²) in [5.74, 6) is 2.27. The smallest absolute Gasteiger partial charge is 0.233 e. The topological polar surface area (TPSA) is 51.0 Å². The predicted molar refractivity (Wildman–Crippen MR) is 123 cm³/mol. The van der Waals surface area contributed by atoms with Crippen LogP contribution in [0.4, 0.5) is 0 Å². The van der Waals surface area contributed by atoms with E-state index in [2.05, 4.69) is 71.1 Å². The van der Waals surface area contributed by atoms with Crippen LogP contribution in [0.1, 0.15) is 29.4 Å². The van der Waals surface area contributed by atoms with Gasteiger partial charge in [-0.1, -0.05) is 53.7 Å². The molecule has 5 nitrogen and oxygen atoms in total. The SMILES string of the molecule is CCn1c(CSc2ccc(C)cc2)nnc1SCC(=O)N1CCc2ccccc2C1. The van der Waals surface area contributed by atoms with Gasteiger partial charge in [0.05, 0.1) is 11.5 Å². The monoisotopic (exact) mass is 438 g/mol. The molecule has 0 N–H and O–H groups in total. The Bertz CT molecular complexity index is 1020. The number of amides is 1. The Balaban J connectivity index is 1.34. The van der Waals surface area contributed by atoms with E-state index in [-0.39, 0.29) is 5.91 Å². The second-order valence-corrected chi connectivity index (χ2v) is 9.36. The first-order chi connectivity index (χ1) is 14.6. The molecule has 1 aliphatic rings. The predicted octanol–water partition coefficient (Wildman–Crippen LogP) is 4.58. The summed E-state index contributed by atoms with van der Waals surface area (Å²) >= 11 is 3.25. The second-order valence-electron chi connectivity index (χ2n) is 7.37. The van der Waals surface area contributed by atoms with Crippen LogP contribution in [0.3, 0.4) is 0 Å². The molecule has 1 aromatic heterocycles. The molecule has 0 aliphatic carbocycles. The molecule has 1 amide bonds. The zero-order valence-corrected chi connectivity index (χ0v) is 19.0. The number of benzene rings is 2. The minimum atomic E-state index is 0.163. The van der Waals surface area contributed by atoms with Crippen molar-refractivity contribution in [2.24, 2.45) is 0 Å². The maximum atomic E-state index is 12.8. The van der Waals surface area contributed by atoms with E-state index in [0.717, 1.165) is 36.2 Å². The average molecular weight is 439 g/mol. The molecule has 4 rings (SSSR count). The Morgan fingerprint density at radius 1 is 1.03 bits per heavy atom. The highest BCUT2D eigenvalue weighted by Crippen LogP contribution is 2.26. The van der Waals surface area contributed by atoms with E-state index in [0.29, 0.717) is 12.3 Å². The summed E-state index contributed by atoms with van der Waals surface area (Å²) < 4.78 is 2.12. The van der Waals surface area contributed by atoms with Gasteiger partial charge in [-0.25, -0.2) is 0 Å². The van der Waals surface area contributed by atoms with Crippen LogP contribution in [-0.2, 0) is 30.1 Å². The third kappa shape index (κ3) is 4.90. The summed E-state index contributed by atoms with van der Waals surface area (Å²) in [6, 6.07) is 16.9. The lowest BCUT2D eigenvalue weighted by Gasteiger charge is -2.28. The number of thioether (sulfide) groups is 2. The molecular formula is C23H26N4OS2. The molecule has 1 aliphatic heterocycles. The van der Waals surface area contributed by atoms with Crippen LogP contribution in [0.2, 0.25) is 0 Å². The van der Waals surface area contributed by atoms with Crippen molar-refractivity contribution in [2.75, 3.05) is 12.3 Å². The van der Waals surface area contributed by atoms with Gasteiger partial charge in [-0.2, -0.15) is 0 Å². The number of rotatable bonds is 7. The molecule has 3 aromatic rings. The van der Waals surface area contributed by atoms with E-state index in [1.54, 1.807) is 11.8 Å². The molecule has 2 aromatic carbocycles. The highest BCUT2D eigenvalue weighted by atomic mass is 32.2. The highest BCUT2D eigenvalue weighted by Gasteiger charge is 2.21. The quantitative estimate of drug-likeness (QED) is 0.506. The van der Waals surface area contributed by atoms with E-state index >= 15 is 0 Å². The number of aromatic nitrogens is 3. The highest BCUT2D eigenvalue weighted by molar-refractivity contribution is 7.99. The third-order valence-electron chi connectivity index (χ3n) is 5.31. The van der Waals surface area contributed by atoms with Gasteiger partial charge in [0.15, 0.2) is 5.16 Å². The van der Waals surface area contributed by atoms with Gasteiger partial charge >= 0.3 is 0 Å². The normalized spacial score (nSPS) is 13.3. The first-order valence-corrected chi connectivity index (χ1v) is 12.2. The molecule has 2 heterocycles. The first-order valence-electron chi connectivity index (χ1n) is 10.2. The number of hydrogen-bond acceptors (Lipinski definition) is 5. The maximum absolute atomic E-state index is 12.8. The van der Waals surface area contributed by atoms with Gasteiger partial charge in [-0.3, -0.25) is 4.79 Å². The molecule has 30 heavy (non-hydrogen) atoms. The van der Waals surface area contributed by atoms with Crippen LogP contribution >= 0.6 is 23.5 Å². The van der Waals surface area contributed by atoms with Gasteiger partial charge in [-0.15, -0.1) is 22.0 Å². The number of aryl methyl sites for hydroxylation is 1. The zero-order valence-electron chi connectivity index (χ0n) is 17.4. The van der Waals surface area contributed by atoms with Gasteiger partial charge in [0.1, 0.15) is 5.82 Å². The van der Waals surface area contributed by atoms with Gasteiger partial charge in [0.2, 0.25) is 5.91 Å². The fourth-order valence-electron chi connectivity index (χ4n) is 3.56. The van der Waals surface area contributed by atoms with E-state index in [4.69, 9.17) is 0 Å². The molecule has 0 radical (unpaired) electrons. The van der Waals surface area contributed by atoms with Crippen LogP contribution in [0.25, 0.3) is 0 Å². The van der Waals surface area contributed by atoms with Crippen molar-refractivity contribution in [3.05, 3.63) is 71.0 Å². The van der Waals surface area contributed by atoms with Crippen molar-refractivity contribution in [1.29, 1.82) is 0 Å². The summed E-state index contributed by atoms with van der Waals surface area (Å²) in [7, 11) is 0. The number of carbonyl (C=O) groups is 1. The lowest BCUT2D eigenvalue weighted by Crippen LogP contribution is -2.37. The summed E-state index contributed by atoms with van der Waals surface area (Å²) in [5, 5.41) is 9.57. The Kier molecular flexibility index (Phi) is 6.79. The minimum absolute atomic E-state index is 0.163. The summed E-state index contributed by atoms with van der Waals surface area (Å²) in [4.78, 5) is 15.9. The molecule has 7 heteroatoms. The Morgan fingerprint density at radius 3 is 2.57 bits per heavy atom. The molecular weight excluding hydrogens is 412 g/mol. The number of carbonyl (C=O) groups excluding carboxylic acids is 1. The molecule has 0 unspecified atom stereocenters. The Hall–Kier alpha value is -2.25. The van der Waals surface area contributed by atoms with E-state index in [1.807, 2.05) is 11.0 Å². The number of nitrogens with zero attached hydrogens (tertiary/aromatic N) is 4. The lowest BCUT2D eigenvalue weighted by atomic mass is 10.00. The zero-order chi connectivity index (χ0) is 20.9. The summed E-state index contributed by atoms with van der Waals surface area (Å²) in [5.41, 5.74) is 3.88. The third-order valence-corrected chi connectivity index (χ3v) is 7.27. The average Bonchev–Trinajstić information content (AvgIpc) is 3.18. The fourth-order valence-corrected chi connectivity index (χ4v) is 5.32. The van der Waals surface area contributed by atoms with Crippen molar-refractivity contribution in [2.45, 2.75) is 49.2 Å². The van der Waals surface area contributed by atoms with Crippen molar-refractivity contribution < 1.29 is 4.79 Å². The van der Waals surface area contributed by atoms with Crippen molar-refractivity contribution in [1.82, 2.24) is 19.7 Å². The van der Waals surface area contributed by atoms with Crippen LogP contribution in [0.5, 0.6) is 0 Å². The lowest BCUT2D eigenvalue weighted by molar-refractivity contribution is -0.129. The largest absolute Gasteiger partial charge is 0.337 e. The van der Waals surface area contributed by atoms with Gasteiger partial charge < -0.3 is 9.47 Å². The Labute approximate surface area is 186 Å². The summed E-state index contributed by atoms with van der Waals surface area (Å²) in [6.45, 7) is 6.47. The van der Waals surface area contributed by atoms with Gasteiger partial charge in [0, 0.05) is 24.5 Å². The number of hydrogen-bond donors (Lipinski definition) is 0. The first kappa shape index (κ1) is 21.0. The van der Waals surface area contributed by atoms with E-state index in [1.165, 1.54) is 33.3 Å². The molecule has 0 spiro atoms. The van der Waals surface area contributed by atoms with Crippen LogP contribution < -0.4 is 0 Å². The fraction of sp³-hybridized carbons (Fsp3) is 0.348. The van der Waals surface area contributed by atoms with Crippen LogP contribution in [0, 0.1) is 6.92 Å². The standard InChI is InChI=1S/C23H26N4OS2/c1-3-27-21(15-29-20-10-8-17(2)9-11-20)24-25-23(27)30-16-22(28)26-13-12-18-6-4-5-7-19(18)14-26/h4-11H,3,12-16H2,1-2H3. The molecule has 0 fully saturated rings. The maximum Gasteiger partial charge on any atom is 0.233 e. The van der Waals surface area contributed by atoms with Crippen molar-refractivity contribution >= 4 is 29.4 Å².